The number of sulfone groups is 2. The van der Waals surface area contributed by atoms with Gasteiger partial charge in [-0.3, -0.25) is 4.79 Å². The van der Waals surface area contributed by atoms with Crippen LogP contribution in [-0.2, 0) is 19.7 Å². The molecule has 1 amide bonds. The van der Waals surface area contributed by atoms with Crippen molar-refractivity contribution in [2.45, 2.75) is 36.3 Å². The predicted octanol–water partition coefficient (Wildman–Crippen LogP) is 3.02. The van der Waals surface area contributed by atoms with Crippen LogP contribution < -0.4 is 5.32 Å². The lowest BCUT2D eigenvalue weighted by Crippen LogP contribution is -2.22. The summed E-state index contributed by atoms with van der Waals surface area (Å²) in [5, 5.41) is 1.86. The van der Waals surface area contributed by atoms with Gasteiger partial charge in [-0.2, -0.15) is 0 Å². The maximum Gasteiger partial charge on any atom is 0.255 e. The molecule has 1 aliphatic heterocycles. The van der Waals surface area contributed by atoms with Gasteiger partial charge in [0.1, 0.15) is 0 Å². The minimum Gasteiger partial charge on any atom is -0.322 e. The molecule has 1 heterocycles. The highest BCUT2D eigenvalue weighted by Crippen LogP contribution is 2.26. The molecule has 0 aliphatic carbocycles. The molecule has 1 saturated heterocycles. The van der Waals surface area contributed by atoms with Gasteiger partial charge in [-0.1, -0.05) is 26.0 Å². The molecule has 1 atom stereocenters. The first-order valence-corrected chi connectivity index (χ1v) is 12.4. The van der Waals surface area contributed by atoms with Gasteiger partial charge in [0, 0.05) is 11.3 Å². The summed E-state index contributed by atoms with van der Waals surface area (Å²) in [7, 11) is -7.03. The van der Waals surface area contributed by atoms with Crippen molar-refractivity contribution in [2.75, 3.05) is 16.8 Å². The first-order chi connectivity index (χ1) is 13.1. The van der Waals surface area contributed by atoms with Crippen LogP contribution in [-0.4, -0.2) is 39.5 Å². The Morgan fingerprint density at radius 2 is 1.64 bits per heavy atom. The first-order valence-electron chi connectivity index (χ1n) is 9.04. The largest absolute Gasteiger partial charge is 0.322 e. The normalized spacial score (nSPS) is 18.9. The maximum atomic E-state index is 12.6. The Bertz CT molecular complexity index is 1070. The minimum absolute atomic E-state index is 0.0347. The van der Waals surface area contributed by atoms with Crippen molar-refractivity contribution >= 4 is 31.3 Å². The molecule has 1 N–H and O–H groups in total. The van der Waals surface area contributed by atoms with Crippen molar-refractivity contribution in [1.29, 1.82) is 0 Å². The number of hydrogen-bond acceptors (Lipinski definition) is 5. The van der Waals surface area contributed by atoms with Gasteiger partial charge in [-0.25, -0.2) is 16.8 Å². The summed E-state index contributed by atoms with van der Waals surface area (Å²) >= 11 is 0. The van der Waals surface area contributed by atoms with E-state index in [1.54, 1.807) is 0 Å². The number of hydrogen-bond donors (Lipinski definition) is 1. The van der Waals surface area contributed by atoms with Gasteiger partial charge in [-0.05, 0) is 54.3 Å². The molecule has 6 nitrogen and oxygen atoms in total. The molecular formula is C20H23NO5S2. The minimum atomic E-state index is -3.73. The zero-order chi connectivity index (χ0) is 20.5. The van der Waals surface area contributed by atoms with E-state index in [0.29, 0.717) is 17.2 Å². The van der Waals surface area contributed by atoms with Crippen molar-refractivity contribution in [1.82, 2.24) is 0 Å². The summed E-state index contributed by atoms with van der Waals surface area (Å²) in [6, 6.07) is 13.1. The fourth-order valence-corrected chi connectivity index (χ4v) is 7.51. The number of carbonyl (C=O) groups is 1. The van der Waals surface area contributed by atoms with Gasteiger partial charge in [0.15, 0.2) is 19.7 Å². The van der Waals surface area contributed by atoms with Gasteiger partial charge in [0.05, 0.1) is 21.7 Å². The van der Waals surface area contributed by atoms with Crippen LogP contribution in [0, 0.1) is 0 Å². The molecule has 8 heteroatoms. The second-order valence-corrected chi connectivity index (χ2v) is 11.8. The molecule has 0 aromatic heterocycles. The third-order valence-electron chi connectivity index (χ3n) is 4.91. The van der Waals surface area contributed by atoms with Gasteiger partial charge in [0.25, 0.3) is 5.91 Å². The summed E-state index contributed by atoms with van der Waals surface area (Å²) < 4.78 is 48.4. The summed E-state index contributed by atoms with van der Waals surface area (Å²) in [5.41, 5.74) is 2.15. The molecular weight excluding hydrogens is 398 g/mol. The molecule has 0 saturated carbocycles. The van der Waals surface area contributed by atoms with E-state index in [9.17, 15) is 21.6 Å². The van der Waals surface area contributed by atoms with Crippen LogP contribution in [0.4, 0.5) is 5.69 Å². The lowest BCUT2D eigenvalue weighted by Gasteiger charge is -2.11. The van der Waals surface area contributed by atoms with E-state index in [0.717, 1.165) is 0 Å². The average Bonchev–Trinajstić information content (AvgIpc) is 3.03. The second-order valence-electron chi connectivity index (χ2n) is 7.33. The summed E-state index contributed by atoms with van der Waals surface area (Å²) in [5.74, 6) is -0.393. The maximum absolute atomic E-state index is 12.6. The fraction of sp³-hybridized carbons (Fsp3) is 0.350. The van der Waals surface area contributed by atoms with Crippen molar-refractivity contribution < 1.29 is 21.6 Å². The van der Waals surface area contributed by atoms with E-state index in [1.807, 2.05) is 24.3 Å². The number of amides is 1. The summed E-state index contributed by atoms with van der Waals surface area (Å²) in [4.78, 5) is 12.4. The van der Waals surface area contributed by atoms with Gasteiger partial charge < -0.3 is 5.32 Å². The molecule has 28 heavy (non-hydrogen) atoms. The second kappa shape index (κ2) is 7.67. The lowest BCUT2D eigenvalue weighted by molar-refractivity contribution is 0.102. The predicted molar refractivity (Wildman–Crippen MR) is 109 cm³/mol. The monoisotopic (exact) mass is 421 g/mol. The topological polar surface area (TPSA) is 97.4 Å². The number of rotatable bonds is 5. The van der Waals surface area contributed by atoms with Crippen LogP contribution in [0.2, 0.25) is 0 Å². The molecule has 0 spiro atoms. The summed E-state index contributed by atoms with van der Waals surface area (Å²) in [6.45, 7) is 4.17. The number of nitrogens with one attached hydrogen (secondary N) is 1. The van der Waals surface area contributed by atoms with Crippen molar-refractivity contribution in [3.8, 4) is 0 Å². The molecule has 0 radical (unpaired) electrons. The molecule has 3 rings (SSSR count). The number of anilines is 1. The Morgan fingerprint density at radius 3 is 2.14 bits per heavy atom. The van der Waals surface area contributed by atoms with Crippen LogP contribution >= 0.6 is 0 Å². The van der Waals surface area contributed by atoms with Gasteiger partial charge >= 0.3 is 0 Å². The first kappa shape index (κ1) is 20.5. The Kier molecular flexibility index (Phi) is 5.63. The SMILES string of the molecule is CC(C)c1ccc(NC(=O)c2ccc(S(=O)(=O)C3CCS(=O)(=O)C3)cc2)cc1. The molecule has 150 valence electrons. The van der Waals surface area contributed by atoms with Crippen LogP contribution in [0.1, 0.15) is 42.1 Å². The van der Waals surface area contributed by atoms with E-state index in [4.69, 9.17) is 0 Å². The highest BCUT2D eigenvalue weighted by atomic mass is 32.2. The Labute approximate surface area is 165 Å². The standard InChI is InChI=1S/C20H23NO5S2/c1-14(2)15-3-7-17(8-4-15)21-20(22)16-5-9-18(10-6-16)28(25,26)19-11-12-27(23,24)13-19/h3-10,14,19H,11-13H2,1-2H3,(H,21,22). The Morgan fingerprint density at radius 1 is 1.04 bits per heavy atom. The molecule has 2 aromatic rings. The molecule has 1 fully saturated rings. The third kappa shape index (κ3) is 4.44. The fourth-order valence-electron chi connectivity index (χ4n) is 3.15. The van der Waals surface area contributed by atoms with E-state index in [1.165, 1.54) is 29.8 Å². The number of benzene rings is 2. The lowest BCUT2D eigenvalue weighted by atomic mass is 10.0. The molecule has 1 aliphatic rings. The van der Waals surface area contributed by atoms with Crippen LogP contribution in [0.15, 0.2) is 53.4 Å². The van der Waals surface area contributed by atoms with Crippen LogP contribution in [0.25, 0.3) is 0 Å². The highest BCUT2D eigenvalue weighted by Gasteiger charge is 2.37. The van der Waals surface area contributed by atoms with Gasteiger partial charge in [-0.15, -0.1) is 0 Å². The Balaban J connectivity index is 1.72. The number of carbonyl (C=O) groups excluding carboxylic acids is 1. The summed E-state index contributed by atoms with van der Waals surface area (Å²) in [6.07, 6.45) is 0.110. The van der Waals surface area contributed by atoms with Crippen LogP contribution in [0.5, 0.6) is 0 Å². The zero-order valence-electron chi connectivity index (χ0n) is 15.8. The third-order valence-corrected chi connectivity index (χ3v) is 9.10. The van der Waals surface area contributed by atoms with E-state index in [-0.39, 0.29) is 28.7 Å². The Hall–Kier alpha value is -2.19. The highest BCUT2D eigenvalue weighted by molar-refractivity contribution is 7.96. The quantitative estimate of drug-likeness (QED) is 0.800. The average molecular weight is 422 g/mol. The van der Waals surface area contributed by atoms with E-state index < -0.39 is 24.9 Å². The van der Waals surface area contributed by atoms with Crippen molar-refractivity contribution in [3.05, 3.63) is 59.7 Å². The van der Waals surface area contributed by atoms with E-state index in [2.05, 4.69) is 19.2 Å². The molecule has 0 bridgehead atoms. The molecule has 2 aromatic carbocycles. The smallest absolute Gasteiger partial charge is 0.255 e. The zero-order valence-corrected chi connectivity index (χ0v) is 17.4. The van der Waals surface area contributed by atoms with E-state index >= 15 is 0 Å². The molecule has 1 unspecified atom stereocenters. The van der Waals surface area contributed by atoms with Crippen molar-refractivity contribution in [3.63, 3.8) is 0 Å². The van der Waals surface area contributed by atoms with Crippen LogP contribution in [0.3, 0.4) is 0 Å². The van der Waals surface area contributed by atoms with Crippen molar-refractivity contribution in [2.24, 2.45) is 0 Å². The van der Waals surface area contributed by atoms with Gasteiger partial charge in [0.2, 0.25) is 0 Å².